The average Bonchev–Trinajstić information content (AvgIpc) is 2.40. The lowest BCUT2D eigenvalue weighted by Gasteiger charge is -2.08. The fourth-order valence-electron chi connectivity index (χ4n) is 1.68. The van der Waals surface area contributed by atoms with Crippen LogP contribution in [0.4, 0.5) is 15.9 Å². The van der Waals surface area contributed by atoms with Crippen LogP contribution in [-0.2, 0) is 0 Å². The number of rotatable bonds is 3. The van der Waals surface area contributed by atoms with Crippen LogP contribution in [0.2, 0.25) is 0 Å². The van der Waals surface area contributed by atoms with Gasteiger partial charge >= 0.3 is 5.97 Å². The summed E-state index contributed by atoms with van der Waals surface area (Å²) in [6.07, 6.45) is 0. The van der Waals surface area contributed by atoms with Gasteiger partial charge in [0.25, 0.3) is 0 Å². The Morgan fingerprint density at radius 1 is 1.40 bits per heavy atom. The lowest BCUT2D eigenvalue weighted by atomic mass is 10.2. The Kier molecular flexibility index (Phi) is 3.62. The number of hydrogen-bond donors (Lipinski definition) is 2. The number of aryl methyl sites for hydroxylation is 1. The van der Waals surface area contributed by atoms with Gasteiger partial charge in [-0.2, -0.15) is 5.26 Å². The third-order valence-corrected chi connectivity index (χ3v) is 2.56. The molecule has 0 atom stereocenters. The van der Waals surface area contributed by atoms with Gasteiger partial charge in [-0.3, -0.25) is 0 Å². The number of pyridine rings is 1. The molecule has 1 aromatic carbocycles. The Morgan fingerprint density at radius 3 is 2.75 bits per heavy atom. The predicted octanol–water partition coefficient (Wildman–Crippen LogP) is 2.84. The molecular weight excluding hydrogens is 261 g/mol. The summed E-state index contributed by atoms with van der Waals surface area (Å²) < 4.78 is 13.8. The van der Waals surface area contributed by atoms with Crippen LogP contribution in [0.3, 0.4) is 0 Å². The van der Waals surface area contributed by atoms with E-state index in [1.807, 2.05) is 6.07 Å². The molecular formula is C14H10FN3O2. The van der Waals surface area contributed by atoms with Gasteiger partial charge in [0.1, 0.15) is 11.6 Å². The third kappa shape index (κ3) is 2.90. The van der Waals surface area contributed by atoms with Crippen molar-refractivity contribution in [3.8, 4) is 6.07 Å². The van der Waals surface area contributed by atoms with Crippen LogP contribution < -0.4 is 5.32 Å². The van der Waals surface area contributed by atoms with Crippen LogP contribution >= 0.6 is 0 Å². The topological polar surface area (TPSA) is 86.0 Å². The number of anilines is 2. The molecule has 0 unspecified atom stereocenters. The molecule has 100 valence electrons. The molecule has 2 aromatic rings. The Bertz CT molecular complexity index is 723. The number of carboxylic acid groups (broad SMARTS) is 1. The fraction of sp³-hybridized carbons (Fsp3) is 0.0714. The van der Waals surface area contributed by atoms with Gasteiger partial charge < -0.3 is 10.4 Å². The maximum absolute atomic E-state index is 13.8. The molecule has 0 spiro atoms. The SMILES string of the molecule is Cc1cc(C#N)cc(Nc2ccc(C(=O)O)cc2F)n1. The summed E-state index contributed by atoms with van der Waals surface area (Å²) in [5.41, 5.74) is 0.983. The summed E-state index contributed by atoms with van der Waals surface area (Å²) in [6, 6.07) is 8.59. The van der Waals surface area contributed by atoms with Crippen molar-refractivity contribution in [1.29, 1.82) is 5.26 Å². The maximum Gasteiger partial charge on any atom is 0.335 e. The molecule has 0 aliphatic rings. The fourth-order valence-corrected chi connectivity index (χ4v) is 1.68. The Morgan fingerprint density at radius 2 is 2.15 bits per heavy atom. The lowest BCUT2D eigenvalue weighted by molar-refractivity contribution is 0.0696. The largest absolute Gasteiger partial charge is 0.478 e. The second-order valence-electron chi connectivity index (χ2n) is 4.12. The third-order valence-electron chi connectivity index (χ3n) is 2.56. The van der Waals surface area contributed by atoms with Crippen molar-refractivity contribution in [3.05, 3.63) is 53.0 Å². The highest BCUT2D eigenvalue weighted by Gasteiger charge is 2.09. The summed E-state index contributed by atoms with van der Waals surface area (Å²) in [6.45, 7) is 1.72. The van der Waals surface area contributed by atoms with Crippen molar-refractivity contribution in [1.82, 2.24) is 4.98 Å². The Balaban J connectivity index is 2.33. The number of hydrogen-bond acceptors (Lipinski definition) is 4. The molecule has 0 saturated heterocycles. The van der Waals surface area contributed by atoms with Gasteiger partial charge in [-0.05, 0) is 37.3 Å². The van der Waals surface area contributed by atoms with Crippen LogP contribution in [-0.4, -0.2) is 16.1 Å². The van der Waals surface area contributed by atoms with Crippen molar-refractivity contribution < 1.29 is 14.3 Å². The van der Waals surface area contributed by atoms with E-state index in [9.17, 15) is 9.18 Å². The van der Waals surface area contributed by atoms with Crippen LogP contribution in [0.1, 0.15) is 21.6 Å². The van der Waals surface area contributed by atoms with E-state index in [1.54, 1.807) is 13.0 Å². The van der Waals surface area contributed by atoms with Crippen molar-refractivity contribution >= 4 is 17.5 Å². The summed E-state index contributed by atoms with van der Waals surface area (Å²) >= 11 is 0. The molecule has 20 heavy (non-hydrogen) atoms. The van der Waals surface area contributed by atoms with Crippen LogP contribution in [0, 0.1) is 24.1 Å². The predicted molar refractivity (Wildman–Crippen MR) is 70.3 cm³/mol. The lowest BCUT2D eigenvalue weighted by Crippen LogP contribution is -2.01. The van der Waals surface area contributed by atoms with Gasteiger partial charge in [-0.25, -0.2) is 14.2 Å². The van der Waals surface area contributed by atoms with Gasteiger partial charge in [0.05, 0.1) is 22.9 Å². The first-order valence-corrected chi connectivity index (χ1v) is 5.68. The van der Waals surface area contributed by atoms with E-state index in [2.05, 4.69) is 10.3 Å². The maximum atomic E-state index is 13.8. The van der Waals surface area contributed by atoms with Crippen molar-refractivity contribution in [2.75, 3.05) is 5.32 Å². The number of nitrogens with zero attached hydrogens (tertiary/aromatic N) is 2. The quantitative estimate of drug-likeness (QED) is 0.896. The first-order valence-electron chi connectivity index (χ1n) is 5.68. The first-order chi connectivity index (χ1) is 9.49. The molecule has 1 aromatic heterocycles. The number of carbonyl (C=O) groups is 1. The molecule has 0 bridgehead atoms. The van der Waals surface area contributed by atoms with E-state index in [-0.39, 0.29) is 11.3 Å². The van der Waals surface area contributed by atoms with Crippen LogP contribution in [0.15, 0.2) is 30.3 Å². The standard InChI is InChI=1S/C14H10FN3O2/c1-8-4-9(7-16)5-13(17-8)18-12-3-2-10(14(19)20)6-11(12)15/h2-6H,1H3,(H,17,18)(H,19,20). The molecule has 1 heterocycles. The van der Waals surface area contributed by atoms with Gasteiger partial charge in [-0.1, -0.05) is 0 Å². The molecule has 0 aliphatic carbocycles. The summed E-state index contributed by atoms with van der Waals surface area (Å²) in [5.74, 6) is -1.58. The number of aromatic nitrogens is 1. The van der Waals surface area contributed by atoms with E-state index in [1.165, 1.54) is 18.2 Å². The zero-order valence-corrected chi connectivity index (χ0v) is 10.5. The second kappa shape index (κ2) is 5.36. The molecule has 5 nitrogen and oxygen atoms in total. The minimum atomic E-state index is -1.20. The molecule has 0 saturated carbocycles. The summed E-state index contributed by atoms with van der Waals surface area (Å²) in [4.78, 5) is 14.8. The average molecular weight is 271 g/mol. The van der Waals surface area contributed by atoms with Crippen molar-refractivity contribution in [3.63, 3.8) is 0 Å². The number of benzene rings is 1. The number of carboxylic acids is 1. The molecule has 0 fully saturated rings. The van der Waals surface area contributed by atoms with Gasteiger partial charge in [0.15, 0.2) is 0 Å². The van der Waals surface area contributed by atoms with Crippen LogP contribution in [0.5, 0.6) is 0 Å². The highest BCUT2D eigenvalue weighted by Crippen LogP contribution is 2.21. The minimum absolute atomic E-state index is 0.0944. The monoisotopic (exact) mass is 271 g/mol. The van der Waals surface area contributed by atoms with Crippen molar-refractivity contribution in [2.45, 2.75) is 6.92 Å². The number of halogens is 1. The van der Waals surface area contributed by atoms with Gasteiger partial charge in [0, 0.05) is 5.69 Å². The number of aromatic carboxylic acids is 1. The first kappa shape index (κ1) is 13.5. The smallest absolute Gasteiger partial charge is 0.335 e. The summed E-state index contributed by atoms with van der Waals surface area (Å²) in [7, 11) is 0. The molecule has 0 aliphatic heterocycles. The highest BCUT2D eigenvalue weighted by atomic mass is 19.1. The number of nitriles is 1. The van der Waals surface area contributed by atoms with E-state index < -0.39 is 11.8 Å². The normalized spacial score (nSPS) is 9.85. The second-order valence-corrected chi connectivity index (χ2v) is 4.12. The molecule has 2 rings (SSSR count). The number of nitrogens with one attached hydrogen (secondary N) is 1. The molecule has 2 N–H and O–H groups in total. The van der Waals surface area contributed by atoms with Crippen molar-refractivity contribution in [2.24, 2.45) is 0 Å². The zero-order chi connectivity index (χ0) is 14.7. The van der Waals surface area contributed by atoms with Gasteiger partial charge in [0.2, 0.25) is 0 Å². The molecule has 6 heteroatoms. The highest BCUT2D eigenvalue weighted by molar-refractivity contribution is 5.88. The van der Waals surface area contributed by atoms with E-state index >= 15 is 0 Å². The summed E-state index contributed by atoms with van der Waals surface area (Å²) in [5, 5.41) is 20.3. The Hall–Kier alpha value is -2.94. The van der Waals surface area contributed by atoms with E-state index in [0.29, 0.717) is 17.1 Å². The zero-order valence-electron chi connectivity index (χ0n) is 10.5. The van der Waals surface area contributed by atoms with Crippen LogP contribution in [0.25, 0.3) is 0 Å². The van der Waals surface area contributed by atoms with E-state index in [4.69, 9.17) is 10.4 Å². The Labute approximate surface area is 114 Å². The van der Waals surface area contributed by atoms with E-state index in [0.717, 1.165) is 6.07 Å². The van der Waals surface area contributed by atoms with Gasteiger partial charge in [-0.15, -0.1) is 0 Å². The molecule has 0 amide bonds. The molecule has 0 radical (unpaired) electrons. The minimum Gasteiger partial charge on any atom is -0.478 e.